The number of para-hydroxylation sites is 1. The van der Waals surface area contributed by atoms with Crippen molar-refractivity contribution in [1.29, 1.82) is 0 Å². The molecule has 98 valence electrons. The highest BCUT2D eigenvalue weighted by molar-refractivity contribution is 5.59. The summed E-state index contributed by atoms with van der Waals surface area (Å²) in [5, 5.41) is 3.22. The number of rotatable bonds is 3. The summed E-state index contributed by atoms with van der Waals surface area (Å²) in [6, 6.07) is 15.4. The standard InChI is InChI=1S/C17H20N2/c1-3-13-6-4-5-7-17(13)19-11-14-8-9-16(18-2)10-15(14)12-19/h4-10,18H,3,11-12H2,1-2H3. The van der Waals surface area contributed by atoms with Gasteiger partial charge in [0.25, 0.3) is 0 Å². The van der Waals surface area contributed by atoms with Crippen LogP contribution in [0.15, 0.2) is 42.5 Å². The summed E-state index contributed by atoms with van der Waals surface area (Å²) >= 11 is 0. The number of aryl methyl sites for hydroxylation is 1. The van der Waals surface area contributed by atoms with Gasteiger partial charge in [-0.1, -0.05) is 31.2 Å². The topological polar surface area (TPSA) is 15.3 Å². The average molecular weight is 252 g/mol. The fourth-order valence-corrected chi connectivity index (χ4v) is 2.84. The summed E-state index contributed by atoms with van der Waals surface area (Å²) in [6.45, 7) is 4.26. The average Bonchev–Trinajstić information content (AvgIpc) is 2.89. The van der Waals surface area contributed by atoms with Crippen molar-refractivity contribution < 1.29 is 0 Å². The minimum absolute atomic E-state index is 1.02. The molecule has 0 amide bonds. The molecule has 0 unspecified atom stereocenters. The van der Waals surface area contributed by atoms with Crippen LogP contribution in [-0.4, -0.2) is 7.05 Å². The van der Waals surface area contributed by atoms with E-state index in [4.69, 9.17) is 0 Å². The third kappa shape index (κ3) is 2.19. The second-order valence-electron chi connectivity index (χ2n) is 5.07. The lowest BCUT2D eigenvalue weighted by atomic mass is 10.1. The highest BCUT2D eigenvalue weighted by atomic mass is 15.1. The molecule has 0 aromatic heterocycles. The minimum atomic E-state index is 1.02. The van der Waals surface area contributed by atoms with Crippen LogP contribution >= 0.6 is 0 Å². The number of hydrogen-bond acceptors (Lipinski definition) is 2. The monoisotopic (exact) mass is 252 g/mol. The van der Waals surface area contributed by atoms with Crippen molar-refractivity contribution in [2.75, 3.05) is 17.3 Å². The molecule has 1 aliphatic heterocycles. The smallest absolute Gasteiger partial charge is 0.0437 e. The van der Waals surface area contributed by atoms with E-state index in [1.807, 2.05) is 7.05 Å². The molecule has 2 aromatic rings. The molecule has 0 saturated heterocycles. The highest BCUT2D eigenvalue weighted by Gasteiger charge is 2.20. The summed E-state index contributed by atoms with van der Waals surface area (Å²) in [7, 11) is 1.97. The van der Waals surface area contributed by atoms with Crippen LogP contribution in [0.25, 0.3) is 0 Å². The highest BCUT2D eigenvalue weighted by Crippen LogP contribution is 2.32. The van der Waals surface area contributed by atoms with E-state index in [1.54, 1.807) is 0 Å². The van der Waals surface area contributed by atoms with Gasteiger partial charge >= 0.3 is 0 Å². The molecule has 1 aliphatic rings. The van der Waals surface area contributed by atoms with Crippen LogP contribution in [0.5, 0.6) is 0 Å². The maximum Gasteiger partial charge on any atom is 0.0437 e. The van der Waals surface area contributed by atoms with Gasteiger partial charge in [0.1, 0.15) is 0 Å². The number of hydrogen-bond donors (Lipinski definition) is 1. The minimum Gasteiger partial charge on any atom is -0.388 e. The van der Waals surface area contributed by atoms with E-state index in [1.165, 1.54) is 28.1 Å². The van der Waals surface area contributed by atoms with Crippen LogP contribution in [0.1, 0.15) is 23.6 Å². The fourth-order valence-electron chi connectivity index (χ4n) is 2.84. The van der Waals surface area contributed by atoms with E-state index in [-0.39, 0.29) is 0 Å². The van der Waals surface area contributed by atoms with Gasteiger partial charge in [-0.2, -0.15) is 0 Å². The normalized spacial score (nSPS) is 13.5. The van der Waals surface area contributed by atoms with Crippen molar-refractivity contribution in [3.8, 4) is 0 Å². The summed E-state index contributed by atoms with van der Waals surface area (Å²) in [5.41, 5.74) is 6.91. The van der Waals surface area contributed by atoms with E-state index < -0.39 is 0 Å². The van der Waals surface area contributed by atoms with Crippen molar-refractivity contribution in [1.82, 2.24) is 0 Å². The Morgan fingerprint density at radius 3 is 2.63 bits per heavy atom. The largest absolute Gasteiger partial charge is 0.388 e. The Kier molecular flexibility index (Phi) is 3.16. The van der Waals surface area contributed by atoms with Crippen molar-refractivity contribution in [2.24, 2.45) is 0 Å². The lowest BCUT2D eigenvalue weighted by molar-refractivity contribution is 0.868. The van der Waals surface area contributed by atoms with Gasteiger partial charge in [-0.05, 0) is 41.3 Å². The Morgan fingerprint density at radius 1 is 1.05 bits per heavy atom. The number of nitrogens with zero attached hydrogens (tertiary/aromatic N) is 1. The molecular weight excluding hydrogens is 232 g/mol. The molecule has 19 heavy (non-hydrogen) atoms. The first kappa shape index (κ1) is 12.1. The lowest BCUT2D eigenvalue weighted by Gasteiger charge is -2.20. The summed E-state index contributed by atoms with van der Waals surface area (Å²) in [4.78, 5) is 2.48. The Labute approximate surface area is 115 Å². The Balaban J connectivity index is 1.91. The van der Waals surface area contributed by atoms with Gasteiger partial charge in [-0.25, -0.2) is 0 Å². The number of anilines is 2. The molecule has 2 heteroatoms. The summed E-state index contributed by atoms with van der Waals surface area (Å²) in [6.07, 6.45) is 1.09. The van der Waals surface area contributed by atoms with Crippen LogP contribution in [0.2, 0.25) is 0 Å². The van der Waals surface area contributed by atoms with E-state index in [0.29, 0.717) is 0 Å². The molecule has 0 fully saturated rings. The zero-order valence-corrected chi connectivity index (χ0v) is 11.6. The maximum absolute atomic E-state index is 3.22. The molecular formula is C17H20N2. The third-order valence-electron chi connectivity index (χ3n) is 3.93. The molecule has 0 radical (unpaired) electrons. The van der Waals surface area contributed by atoms with Gasteiger partial charge in [0.15, 0.2) is 0 Å². The molecule has 0 spiro atoms. The Morgan fingerprint density at radius 2 is 1.84 bits per heavy atom. The molecule has 0 aliphatic carbocycles. The van der Waals surface area contributed by atoms with Gasteiger partial charge in [0, 0.05) is 31.5 Å². The second-order valence-corrected chi connectivity index (χ2v) is 5.07. The third-order valence-corrected chi connectivity index (χ3v) is 3.93. The van der Waals surface area contributed by atoms with Crippen LogP contribution in [-0.2, 0) is 19.5 Å². The van der Waals surface area contributed by atoms with Gasteiger partial charge in [0.05, 0.1) is 0 Å². The second kappa shape index (κ2) is 4.96. The Bertz CT molecular complexity index is 590. The van der Waals surface area contributed by atoms with E-state index in [9.17, 15) is 0 Å². The van der Waals surface area contributed by atoms with Crippen molar-refractivity contribution >= 4 is 11.4 Å². The fraction of sp³-hybridized carbons (Fsp3) is 0.294. The zero-order chi connectivity index (χ0) is 13.2. The molecule has 2 nitrogen and oxygen atoms in total. The molecule has 2 aromatic carbocycles. The Hall–Kier alpha value is -1.96. The first-order chi connectivity index (χ1) is 9.31. The number of benzene rings is 2. The maximum atomic E-state index is 3.22. The van der Waals surface area contributed by atoms with Crippen molar-refractivity contribution in [3.63, 3.8) is 0 Å². The number of nitrogens with one attached hydrogen (secondary N) is 1. The van der Waals surface area contributed by atoms with E-state index in [2.05, 4.69) is 59.6 Å². The first-order valence-electron chi connectivity index (χ1n) is 6.94. The first-order valence-corrected chi connectivity index (χ1v) is 6.94. The van der Waals surface area contributed by atoms with E-state index >= 15 is 0 Å². The molecule has 1 N–H and O–H groups in total. The molecule has 3 rings (SSSR count). The van der Waals surface area contributed by atoms with Crippen molar-refractivity contribution in [2.45, 2.75) is 26.4 Å². The van der Waals surface area contributed by atoms with Crippen LogP contribution in [0, 0.1) is 0 Å². The molecule has 1 heterocycles. The molecule has 0 saturated carbocycles. The van der Waals surface area contributed by atoms with Gasteiger partial charge < -0.3 is 10.2 Å². The molecule has 0 bridgehead atoms. The molecule has 0 atom stereocenters. The van der Waals surface area contributed by atoms with Gasteiger partial charge in [0.2, 0.25) is 0 Å². The predicted octanol–water partition coefficient (Wildman–Crippen LogP) is 3.81. The quantitative estimate of drug-likeness (QED) is 0.893. The van der Waals surface area contributed by atoms with Gasteiger partial charge in [-0.15, -0.1) is 0 Å². The summed E-state index contributed by atoms with van der Waals surface area (Å²) < 4.78 is 0. The van der Waals surface area contributed by atoms with Gasteiger partial charge in [-0.3, -0.25) is 0 Å². The van der Waals surface area contributed by atoms with E-state index in [0.717, 1.165) is 19.5 Å². The SMILES string of the molecule is CCc1ccccc1N1Cc2ccc(NC)cc2C1. The zero-order valence-electron chi connectivity index (χ0n) is 11.6. The van der Waals surface area contributed by atoms with Crippen LogP contribution in [0.4, 0.5) is 11.4 Å². The van der Waals surface area contributed by atoms with Crippen molar-refractivity contribution in [3.05, 3.63) is 59.2 Å². The lowest BCUT2D eigenvalue weighted by Crippen LogP contribution is -2.16. The summed E-state index contributed by atoms with van der Waals surface area (Å²) in [5.74, 6) is 0. The van der Waals surface area contributed by atoms with Crippen LogP contribution in [0.3, 0.4) is 0 Å². The predicted molar refractivity (Wildman–Crippen MR) is 81.7 cm³/mol. The van der Waals surface area contributed by atoms with Crippen LogP contribution < -0.4 is 10.2 Å². The number of fused-ring (bicyclic) bond motifs is 1.